The smallest absolute Gasteiger partial charge is 0.240 e. The Balaban J connectivity index is 2.21. The number of rotatable bonds is 6. The lowest BCUT2D eigenvalue weighted by atomic mass is 10.1. The maximum Gasteiger partial charge on any atom is 0.240 e. The molecule has 1 aliphatic carbocycles. The van der Waals surface area contributed by atoms with Gasteiger partial charge >= 0.3 is 0 Å². The van der Waals surface area contributed by atoms with Gasteiger partial charge in [0.25, 0.3) is 0 Å². The van der Waals surface area contributed by atoms with E-state index < -0.39 is 15.8 Å². The Morgan fingerprint density at radius 1 is 1.50 bits per heavy atom. The second kappa shape index (κ2) is 5.38. The van der Waals surface area contributed by atoms with Crippen LogP contribution in [0.25, 0.3) is 0 Å². The van der Waals surface area contributed by atoms with Gasteiger partial charge in [0, 0.05) is 12.1 Å². The molecule has 0 unspecified atom stereocenters. The van der Waals surface area contributed by atoms with Gasteiger partial charge in [-0.2, -0.15) is 0 Å². The number of benzene rings is 1. The summed E-state index contributed by atoms with van der Waals surface area (Å²) < 4.78 is 40.4. The van der Waals surface area contributed by atoms with E-state index in [4.69, 9.17) is 18.0 Å². The van der Waals surface area contributed by atoms with Gasteiger partial charge in [-0.15, -0.1) is 0 Å². The highest BCUT2D eigenvalue weighted by Crippen LogP contribution is 2.48. The molecule has 4 nitrogen and oxygen atoms in total. The van der Waals surface area contributed by atoms with E-state index >= 15 is 0 Å². The van der Waals surface area contributed by atoms with Gasteiger partial charge in [-0.05, 0) is 42.9 Å². The van der Waals surface area contributed by atoms with E-state index in [1.807, 2.05) is 6.92 Å². The number of sulfonamides is 1. The largest absolute Gasteiger partial charge is 0.389 e. The van der Waals surface area contributed by atoms with Gasteiger partial charge in [0.15, 0.2) is 0 Å². The number of hydrogen-bond donors (Lipinski definition) is 2. The Labute approximate surface area is 123 Å². The van der Waals surface area contributed by atoms with Crippen molar-refractivity contribution >= 4 is 27.2 Å². The van der Waals surface area contributed by atoms with Gasteiger partial charge in [-0.25, -0.2) is 17.5 Å². The molecule has 0 amide bonds. The van der Waals surface area contributed by atoms with Crippen LogP contribution < -0.4 is 10.5 Å². The van der Waals surface area contributed by atoms with Crippen LogP contribution in [-0.4, -0.2) is 20.0 Å². The molecule has 1 saturated carbocycles. The molecule has 0 atom stereocenters. The van der Waals surface area contributed by atoms with E-state index in [1.54, 1.807) is 0 Å². The number of halogens is 1. The van der Waals surface area contributed by atoms with Crippen molar-refractivity contribution in [3.05, 3.63) is 29.6 Å². The third kappa shape index (κ3) is 3.16. The van der Waals surface area contributed by atoms with Crippen molar-refractivity contribution < 1.29 is 12.8 Å². The van der Waals surface area contributed by atoms with E-state index in [0.717, 1.165) is 25.3 Å². The lowest BCUT2D eigenvalue weighted by molar-refractivity contribution is 0.475. The Morgan fingerprint density at radius 2 is 2.15 bits per heavy atom. The summed E-state index contributed by atoms with van der Waals surface area (Å²) in [6.07, 6.45) is 3.01. The molecule has 1 aliphatic rings. The van der Waals surface area contributed by atoms with Gasteiger partial charge in [0.05, 0.1) is 4.90 Å². The molecular formula is C13H17FN2O2S2. The Kier molecular flexibility index (Phi) is 4.13. The highest BCUT2D eigenvalue weighted by molar-refractivity contribution is 7.89. The zero-order valence-electron chi connectivity index (χ0n) is 11.1. The van der Waals surface area contributed by atoms with Crippen molar-refractivity contribution in [2.45, 2.75) is 31.1 Å². The Morgan fingerprint density at radius 3 is 2.65 bits per heavy atom. The summed E-state index contributed by atoms with van der Waals surface area (Å²) in [6.45, 7) is 2.45. The number of nitrogens with two attached hydrogens (primary N) is 1. The van der Waals surface area contributed by atoms with Crippen molar-refractivity contribution in [1.82, 2.24) is 4.72 Å². The zero-order chi connectivity index (χ0) is 15.0. The molecule has 0 heterocycles. The first-order valence-electron chi connectivity index (χ1n) is 6.39. The molecule has 0 spiro atoms. The standard InChI is InChI=1S/C13H17FN2O2S2/c1-2-13(5-6-13)8-16-20(17,18)9-3-4-11(14)10(7-9)12(15)19/h3-4,7,16H,2,5-6,8H2,1H3,(H2,15,19). The molecule has 0 bridgehead atoms. The van der Waals surface area contributed by atoms with Crippen LogP contribution in [0.1, 0.15) is 31.7 Å². The minimum Gasteiger partial charge on any atom is -0.389 e. The molecule has 110 valence electrons. The number of thiocarbonyl (C=S) groups is 1. The zero-order valence-corrected chi connectivity index (χ0v) is 12.8. The van der Waals surface area contributed by atoms with Crippen LogP contribution in [0.3, 0.4) is 0 Å². The first-order valence-corrected chi connectivity index (χ1v) is 8.28. The second-order valence-corrected chi connectivity index (χ2v) is 7.39. The molecule has 1 aromatic rings. The maximum absolute atomic E-state index is 13.5. The number of hydrogen-bond acceptors (Lipinski definition) is 3. The summed E-state index contributed by atoms with van der Waals surface area (Å²) in [5.41, 5.74) is 5.42. The predicted molar refractivity (Wildman–Crippen MR) is 79.4 cm³/mol. The third-order valence-electron chi connectivity index (χ3n) is 3.86. The average Bonchev–Trinajstić information content (AvgIpc) is 3.17. The van der Waals surface area contributed by atoms with Crippen LogP contribution in [0.4, 0.5) is 4.39 Å². The van der Waals surface area contributed by atoms with Crippen LogP contribution >= 0.6 is 12.2 Å². The summed E-state index contributed by atoms with van der Waals surface area (Å²) in [5.74, 6) is -0.622. The average molecular weight is 316 g/mol. The minimum absolute atomic E-state index is 0.0198. The molecule has 2 rings (SSSR count). The number of nitrogens with one attached hydrogen (secondary N) is 1. The van der Waals surface area contributed by atoms with Crippen molar-refractivity contribution in [2.75, 3.05) is 6.54 Å². The molecule has 1 aromatic carbocycles. The van der Waals surface area contributed by atoms with E-state index in [2.05, 4.69) is 4.72 Å². The molecule has 0 aromatic heterocycles. The molecule has 7 heteroatoms. The van der Waals surface area contributed by atoms with Crippen molar-refractivity contribution in [1.29, 1.82) is 0 Å². The monoisotopic (exact) mass is 316 g/mol. The first kappa shape index (κ1) is 15.3. The topological polar surface area (TPSA) is 72.2 Å². The van der Waals surface area contributed by atoms with E-state index in [1.165, 1.54) is 12.1 Å². The third-order valence-corrected chi connectivity index (χ3v) is 5.48. The van der Waals surface area contributed by atoms with Crippen molar-refractivity contribution in [3.8, 4) is 0 Å². The molecule has 20 heavy (non-hydrogen) atoms. The second-order valence-electron chi connectivity index (χ2n) is 5.18. The van der Waals surface area contributed by atoms with Gasteiger partial charge in [0.2, 0.25) is 10.0 Å². The highest BCUT2D eigenvalue weighted by Gasteiger charge is 2.41. The summed E-state index contributed by atoms with van der Waals surface area (Å²) in [7, 11) is -3.67. The van der Waals surface area contributed by atoms with Gasteiger partial charge in [-0.3, -0.25) is 0 Å². The first-order chi connectivity index (χ1) is 9.30. The summed E-state index contributed by atoms with van der Waals surface area (Å²) in [4.78, 5) is -0.180. The van der Waals surface area contributed by atoms with Gasteiger partial charge < -0.3 is 5.73 Å². The van der Waals surface area contributed by atoms with Gasteiger partial charge in [0.1, 0.15) is 10.8 Å². The van der Waals surface area contributed by atoms with E-state index in [9.17, 15) is 12.8 Å². The normalized spacial score (nSPS) is 16.9. The van der Waals surface area contributed by atoms with Crippen LogP contribution in [0, 0.1) is 11.2 Å². The van der Waals surface area contributed by atoms with E-state index in [0.29, 0.717) is 6.54 Å². The fourth-order valence-corrected chi connectivity index (χ4v) is 3.36. The Hall–Kier alpha value is -1.05. The van der Waals surface area contributed by atoms with E-state index in [-0.39, 0.29) is 20.9 Å². The van der Waals surface area contributed by atoms with Crippen LogP contribution in [0.5, 0.6) is 0 Å². The fraction of sp³-hybridized carbons (Fsp3) is 0.462. The quantitative estimate of drug-likeness (QED) is 0.787. The highest BCUT2D eigenvalue weighted by atomic mass is 32.2. The molecule has 3 N–H and O–H groups in total. The van der Waals surface area contributed by atoms with Crippen molar-refractivity contribution in [3.63, 3.8) is 0 Å². The van der Waals surface area contributed by atoms with Crippen LogP contribution in [-0.2, 0) is 10.0 Å². The summed E-state index contributed by atoms with van der Waals surface area (Å²) >= 11 is 4.71. The summed E-state index contributed by atoms with van der Waals surface area (Å²) in [6, 6.07) is 3.45. The Bertz CT molecular complexity index is 640. The van der Waals surface area contributed by atoms with Crippen LogP contribution in [0.2, 0.25) is 0 Å². The molecule has 1 fully saturated rings. The molecule has 0 aliphatic heterocycles. The maximum atomic E-state index is 13.5. The lowest BCUT2D eigenvalue weighted by Gasteiger charge is -2.14. The van der Waals surface area contributed by atoms with Crippen molar-refractivity contribution in [2.24, 2.45) is 11.1 Å². The SMILES string of the molecule is CCC1(CNS(=O)(=O)c2ccc(F)c(C(N)=S)c2)CC1. The molecular weight excluding hydrogens is 299 g/mol. The minimum atomic E-state index is -3.67. The summed E-state index contributed by atoms with van der Waals surface area (Å²) in [5, 5.41) is 0. The fourth-order valence-electron chi connectivity index (χ4n) is 2.02. The molecule has 0 saturated heterocycles. The predicted octanol–water partition coefficient (Wildman–Crippen LogP) is 1.93. The van der Waals surface area contributed by atoms with Gasteiger partial charge in [-0.1, -0.05) is 19.1 Å². The molecule has 0 radical (unpaired) electrons. The lowest BCUT2D eigenvalue weighted by Crippen LogP contribution is -2.30. The van der Waals surface area contributed by atoms with Crippen LogP contribution in [0.15, 0.2) is 23.1 Å².